The van der Waals surface area contributed by atoms with Gasteiger partial charge in [-0.05, 0) is 43.2 Å². The standard InChI is InChI=1S/C21H25ClN4O/c22-16-4-3-7-18(14-16)25-10-12-26(13-11-25)19-8-9-20(23-15-19)21(27)24-17-5-1-2-6-17/h3-4,7-9,14-15,17H,1-2,5-6,10-13H2,(H,24,27). The number of aromatic nitrogens is 1. The van der Waals surface area contributed by atoms with Crippen LogP contribution in [0.3, 0.4) is 0 Å². The van der Waals surface area contributed by atoms with Crippen molar-refractivity contribution >= 4 is 28.9 Å². The molecule has 2 fully saturated rings. The number of rotatable bonds is 4. The fourth-order valence-corrected chi connectivity index (χ4v) is 4.12. The van der Waals surface area contributed by atoms with Gasteiger partial charge in [0.05, 0.1) is 11.9 Å². The van der Waals surface area contributed by atoms with Crippen molar-refractivity contribution in [2.24, 2.45) is 0 Å². The summed E-state index contributed by atoms with van der Waals surface area (Å²) in [6.45, 7) is 3.71. The van der Waals surface area contributed by atoms with Crippen LogP contribution in [0.15, 0.2) is 42.6 Å². The second kappa shape index (κ2) is 8.17. The average Bonchev–Trinajstić information content (AvgIpc) is 3.21. The quantitative estimate of drug-likeness (QED) is 0.872. The summed E-state index contributed by atoms with van der Waals surface area (Å²) >= 11 is 6.10. The number of piperazine rings is 1. The van der Waals surface area contributed by atoms with Gasteiger partial charge in [0, 0.05) is 42.9 Å². The van der Waals surface area contributed by atoms with Crippen LogP contribution in [-0.4, -0.2) is 43.1 Å². The predicted octanol–water partition coefficient (Wildman–Crippen LogP) is 3.73. The summed E-state index contributed by atoms with van der Waals surface area (Å²) in [5.41, 5.74) is 2.74. The van der Waals surface area contributed by atoms with Crippen LogP contribution in [0.5, 0.6) is 0 Å². The number of halogens is 1. The van der Waals surface area contributed by atoms with E-state index in [1.165, 1.54) is 18.5 Å². The summed E-state index contributed by atoms with van der Waals surface area (Å²) < 4.78 is 0. The molecule has 0 spiro atoms. The maximum atomic E-state index is 12.3. The van der Waals surface area contributed by atoms with Gasteiger partial charge in [-0.1, -0.05) is 30.5 Å². The molecule has 1 saturated heterocycles. The first-order valence-electron chi connectivity index (χ1n) is 9.71. The van der Waals surface area contributed by atoms with Crippen molar-refractivity contribution in [3.05, 3.63) is 53.3 Å². The molecule has 2 heterocycles. The highest BCUT2D eigenvalue weighted by atomic mass is 35.5. The number of nitrogens with zero attached hydrogens (tertiary/aromatic N) is 3. The molecule has 1 aromatic carbocycles. The average molecular weight is 385 g/mol. The highest BCUT2D eigenvalue weighted by Crippen LogP contribution is 2.23. The zero-order chi connectivity index (χ0) is 18.6. The summed E-state index contributed by atoms with van der Waals surface area (Å²) in [7, 11) is 0. The Hall–Kier alpha value is -2.27. The van der Waals surface area contributed by atoms with E-state index >= 15 is 0 Å². The molecule has 142 valence electrons. The Morgan fingerprint density at radius 2 is 1.70 bits per heavy atom. The Balaban J connectivity index is 1.34. The Kier molecular flexibility index (Phi) is 5.48. The predicted molar refractivity (Wildman–Crippen MR) is 110 cm³/mol. The lowest BCUT2D eigenvalue weighted by atomic mass is 10.2. The molecule has 0 atom stereocenters. The molecule has 1 amide bonds. The highest BCUT2D eigenvalue weighted by molar-refractivity contribution is 6.30. The van der Waals surface area contributed by atoms with Gasteiger partial charge in [0.1, 0.15) is 5.69 Å². The second-order valence-corrected chi connectivity index (χ2v) is 7.75. The number of pyridine rings is 1. The minimum atomic E-state index is -0.0563. The van der Waals surface area contributed by atoms with E-state index < -0.39 is 0 Å². The summed E-state index contributed by atoms with van der Waals surface area (Å²) in [5.74, 6) is -0.0563. The van der Waals surface area contributed by atoms with Crippen LogP contribution in [0.4, 0.5) is 11.4 Å². The molecule has 1 saturated carbocycles. The smallest absolute Gasteiger partial charge is 0.270 e. The van der Waals surface area contributed by atoms with E-state index in [-0.39, 0.29) is 5.91 Å². The van der Waals surface area contributed by atoms with Gasteiger partial charge in [0.2, 0.25) is 0 Å². The molecule has 0 radical (unpaired) electrons. The summed E-state index contributed by atoms with van der Waals surface area (Å²) in [6.07, 6.45) is 6.40. The SMILES string of the molecule is O=C(NC1CCCC1)c1ccc(N2CCN(c3cccc(Cl)c3)CC2)cn1. The van der Waals surface area contributed by atoms with E-state index in [1.807, 2.05) is 36.5 Å². The Bertz CT molecular complexity index is 781. The normalized spacial score (nSPS) is 18.0. The van der Waals surface area contributed by atoms with Crippen molar-refractivity contribution in [3.8, 4) is 0 Å². The van der Waals surface area contributed by atoms with Gasteiger partial charge in [-0.15, -0.1) is 0 Å². The van der Waals surface area contributed by atoms with Crippen LogP contribution in [0.2, 0.25) is 5.02 Å². The molecule has 2 aromatic rings. The van der Waals surface area contributed by atoms with Crippen molar-refractivity contribution in [1.82, 2.24) is 10.3 Å². The maximum absolute atomic E-state index is 12.3. The molecular weight excluding hydrogens is 360 g/mol. The van der Waals surface area contributed by atoms with Gasteiger partial charge < -0.3 is 15.1 Å². The lowest BCUT2D eigenvalue weighted by Crippen LogP contribution is -2.46. The Morgan fingerprint density at radius 1 is 1.00 bits per heavy atom. The number of hydrogen-bond acceptors (Lipinski definition) is 4. The van der Waals surface area contributed by atoms with Crippen molar-refractivity contribution in [2.45, 2.75) is 31.7 Å². The number of carbonyl (C=O) groups excluding carboxylic acids is 1. The Morgan fingerprint density at radius 3 is 2.33 bits per heavy atom. The topological polar surface area (TPSA) is 48.5 Å². The zero-order valence-electron chi connectivity index (χ0n) is 15.4. The largest absolute Gasteiger partial charge is 0.368 e. The second-order valence-electron chi connectivity index (χ2n) is 7.31. The molecule has 4 rings (SSSR count). The van der Waals surface area contributed by atoms with Crippen LogP contribution in [0.1, 0.15) is 36.2 Å². The van der Waals surface area contributed by atoms with E-state index in [4.69, 9.17) is 11.6 Å². The van der Waals surface area contributed by atoms with Gasteiger partial charge in [-0.25, -0.2) is 4.98 Å². The molecule has 27 heavy (non-hydrogen) atoms. The molecule has 5 nitrogen and oxygen atoms in total. The molecule has 1 aliphatic heterocycles. The number of amides is 1. The third-order valence-electron chi connectivity index (χ3n) is 5.49. The lowest BCUT2D eigenvalue weighted by molar-refractivity contribution is 0.0933. The fourth-order valence-electron chi connectivity index (χ4n) is 3.93. The lowest BCUT2D eigenvalue weighted by Gasteiger charge is -2.37. The van der Waals surface area contributed by atoms with Gasteiger partial charge in [0.25, 0.3) is 5.91 Å². The van der Waals surface area contributed by atoms with Crippen LogP contribution in [-0.2, 0) is 0 Å². The number of benzene rings is 1. The number of anilines is 2. The zero-order valence-corrected chi connectivity index (χ0v) is 16.2. The van der Waals surface area contributed by atoms with Gasteiger partial charge in [-0.2, -0.15) is 0 Å². The third kappa shape index (κ3) is 4.35. The molecular formula is C21H25ClN4O. The van der Waals surface area contributed by atoms with E-state index in [0.717, 1.165) is 49.7 Å². The summed E-state index contributed by atoms with van der Waals surface area (Å²) in [5, 5.41) is 3.86. The number of nitrogens with one attached hydrogen (secondary N) is 1. The molecule has 0 bridgehead atoms. The summed E-state index contributed by atoms with van der Waals surface area (Å²) in [4.78, 5) is 21.4. The molecule has 6 heteroatoms. The molecule has 2 aliphatic rings. The molecule has 0 unspecified atom stereocenters. The van der Waals surface area contributed by atoms with Crippen LogP contribution in [0.25, 0.3) is 0 Å². The minimum absolute atomic E-state index is 0.0563. The van der Waals surface area contributed by atoms with Crippen LogP contribution in [0, 0.1) is 0 Å². The van der Waals surface area contributed by atoms with Gasteiger partial charge >= 0.3 is 0 Å². The van der Waals surface area contributed by atoms with E-state index in [1.54, 1.807) is 0 Å². The van der Waals surface area contributed by atoms with E-state index in [0.29, 0.717) is 11.7 Å². The van der Waals surface area contributed by atoms with Crippen molar-refractivity contribution in [1.29, 1.82) is 0 Å². The highest BCUT2D eigenvalue weighted by Gasteiger charge is 2.20. The first kappa shape index (κ1) is 18.1. The van der Waals surface area contributed by atoms with Crippen LogP contribution >= 0.6 is 11.6 Å². The van der Waals surface area contributed by atoms with Gasteiger partial charge in [-0.3, -0.25) is 4.79 Å². The van der Waals surface area contributed by atoms with Crippen molar-refractivity contribution < 1.29 is 4.79 Å². The monoisotopic (exact) mass is 384 g/mol. The minimum Gasteiger partial charge on any atom is -0.368 e. The third-order valence-corrected chi connectivity index (χ3v) is 5.72. The van der Waals surface area contributed by atoms with Crippen molar-refractivity contribution in [3.63, 3.8) is 0 Å². The van der Waals surface area contributed by atoms with Crippen LogP contribution < -0.4 is 15.1 Å². The maximum Gasteiger partial charge on any atom is 0.270 e. The molecule has 1 aromatic heterocycles. The summed E-state index contributed by atoms with van der Waals surface area (Å²) in [6, 6.07) is 12.2. The first-order chi connectivity index (χ1) is 13.2. The Labute approximate surface area is 165 Å². The fraction of sp³-hybridized carbons (Fsp3) is 0.429. The van der Waals surface area contributed by atoms with E-state index in [9.17, 15) is 4.79 Å². The number of hydrogen-bond donors (Lipinski definition) is 1. The van der Waals surface area contributed by atoms with Gasteiger partial charge in [0.15, 0.2) is 0 Å². The van der Waals surface area contributed by atoms with Crippen molar-refractivity contribution in [2.75, 3.05) is 36.0 Å². The molecule has 1 aliphatic carbocycles. The number of carbonyl (C=O) groups is 1. The van der Waals surface area contributed by atoms with E-state index in [2.05, 4.69) is 26.2 Å². The first-order valence-corrected chi connectivity index (χ1v) is 10.1. The molecule has 1 N–H and O–H groups in total.